The van der Waals surface area contributed by atoms with Crippen LogP contribution >= 0.6 is 0 Å². The maximum atomic E-state index is 15.3. The van der Waals surface area contributed by atoms with Gasteiger partial charge in [0.25, 0.3) is 0 Å². The van der Waals surface area contributed by atoms with E-state index in [0.29, 0.717) is 24.0 Å². The zero-order chi connectivity index (χ0) is 38.0. The Bertz CT molecular complexity index is 1640. The lowest BCUT2D eigenvalue weighted by molar-refractivity contribution is -0.124. The highest BCUT2D eigenvalue weighted by atomic mass is 19.4. The molecule has 3 atom stereocenters. The highest BCUT2D eigenvalue weighted by Crippen LogP contribution is 2.31. The van der Waals surface area contributed by atoms with Crippen LogP contribution < -0.4 is 21.3 Å². The Kier molecular flexibility index (Phi) is 13.5. The van der Waals surface area contributed by atoms with Crippen molar-refractivity contribution in [1.29, 1.82) is 0 Å². The summed E-state index contributed by atoms with van der Waals surface area (Å²) >= 11 is 0. The van der Waals surface area contributed by atoms with Gasteiger partial charge in [-0.15, -0.1) is 0 Å². The lowest BCUT2D eigenvalue weighted by atomic mass is 9.84. The van der Waals surface area contributed by atoms with Crippen molar-refractivity contribution in [3.63, 3.8) is 0 Å². The fourth-order valence-electron chi connectivity index (χ4n) is 6.24. The average Bonchev–Trinajstić information content (AvgIpc) is 3.64. The number of hydrogen-bond donors (Lipinski definition) is 4. The Labute approximate surface area is 301 Å². The van der Waals surface area contributed by atoms with Gasteiger partial charge in [-0.2, -0.15) is 13.2 Å². The number of pyridine rings is 1. The van der Waals surface area contributed by atoms with Crippen molar-refractivity contribution in [1.82, 2.24) is 20.9 Å². The van der Waals surface area contributed by atoms with Crippen LogP contribution in [0.1, 0.15) is 54.7 Å². The second kappa shape index (κ2) is 18.2. The molecule has 0 bridgehead atoms. The van der Waals surface area contributed by atoms with Crippen molar-refractivity contribution in [2.45, 2.75) is 74.9 Å². The van der Waals surface area contributed by atoms with Gasteiger partial charge in [0.1, 0.15) is 42.7 Å². The summed E-state index contributed by atoms with van der Waals surface area (Å²) in [4.78, 5) is 42.8. The van der Waals surface area contributed by atoms with Crippen molar-refractivity contribution >= 4 is 23.8 Å². The Balaban J connectivity index is 1.28. The molecule has 1 saturated carbocycles. The second-order valence-electron chi connectivity index (χ2n) is 12.8. The number of ether oxygens (including phenoxy) is 3. The molecule has 0 unspecified atom stereocenters. The third-order valence-corrected chi connectivity index (χ3v) is 8.92. The van der Waals surface area contributed by atoms with E-state index in [9.17, 15) is 36.3 Å². The monoisotopic (exact) mass is 751 g/mol. The molecule has 3 amide bonds. The summed E-state index contributed by atoms with van der Waals surface area (Å²) in [6.45, 7) is -1.47. The SMILES string of the molecule is O=C(NCC(F)(F)F)OC[C@@H]1CO[C@H](CCc2c(F)cncc2NC(=O)[C@@H](NC(=O)OC2CCCC2)C(c2ccc(F)cc2)c2ccc(F)cc2)CN1. The maximum Gasteiger partial charge on any atom is 0.408 e. The number of hydrogen-bond acceptors (Lipinski definition) is 8. The van der Waals surface area contributed by atoms with E-state index in [1.54, 1.807) is 5.32 Å². The highest BCUT2D eigenvalue weighted by Gasteiger charge is 2.35. The first-order chi connectivity index (χ1) is 25.3. The van der Waals surface area contributed by atoms with E-state index >= 15 is 4.39 Å². The molecule has 1 aliphatic carbocycles. The maximum absolute atomic E-state index is 15.3. The normalized spacial score (nSPS) is 18.3. The van der Waals surface area contributed by atoms with Gasteiger partial charge in [0.2, 0.25) is 5.91 Å². The molecule has 5 rings (SSSR count). The molecule has 286 valence electrons. The van der Waals surface area contributed by atoms with Crippen molar-refractivity contribution < 1.29 is 54.9 Å². The summed E-state index contributed by atoms with van der Waals surface area (Å²) in [6, 6.07) is 8.66. The molecule has 1 aliphatic heterocycles. The molecule has 2 heterocycles. The van der Waals surface area contributed by atoms with Crippen LogP contribution in [0.15, 0.2) is 60.9 Å². The molecule has 2 fully saturated rings. The third kappa shape index (κ3) is 11.8. The minimum absolute atomic E-state index is 0.0165. The molecular weight excluding hydrogens is 712 g/mol. The van der Waals surface area contributed by atoms with Crippen molar-refractivity contribution in [3.8, 4) is 0 Å². The Morgan fingerprint density at radius 1 is 0.925 bits per heavy atom. The lowest BCUT2D eigenvalue weighted by Crippen LogP contribution is -2.49. The number of carbonyl (C=O) groups excluding carboxylic acids is 3. The van der Waals surface area contributed by atoms with Gasteiger partial charge < -0.3 is 35.5 Å². The molecule has 0 radical (unpaired) electrons. The van der Waals surface area contributed by atoms with Gasteiger partial charge in [-0.05, 0) is 73.9 Å². The molecule has 1 saturated heterocycles. The number of nitrogens with one attached hydrogen (secondary N) is 4. The number of halogens is 6. The van der Waals surface area contributed by atoms with Gasteiger partial charge in [-0.1, -0.05) is 24.3 Å². The van der Waals surface area contributed by atoms with Crippen molar-refractivity contribution in [2.75, 3.05) is 31.6 Å². The van der Waals surface area contributed by atoms with Crippen LogP contribution in [0.4, 0.5) is 41.6 Å². The zero-order valence-electron chi connectivity index (χ0n) is 28.4. The van der Waals surface area contributed by atoms with E-state index in [0.717, 1.165) is 19.0 Å². The van der Waals surface area contributed by atoms with Crippen LogP contribution in [0.3, 0.4) is 0 Å². The molecule has 11 nitrogen and oxygen atoms in total. The van der Waals surface area contributed by atoms with Gasteiger partial charge in [0.15, 0.2) is 0 Å². The number of nitrogens with zero attached hydrogens (tertiary/aromatic N) is 1. The lowest BCUT2D eigenvalue weighted by Gasteiger charge is -2.30. The average molecular weight is 752 g/mol. The number of alkyl halides is 3. The molecule has 2 aromatic carbocycles. The largest absolute Gasteiger partial charge is 0.448 e. The predicted octanol–water partition coefficient (Wildman–Crippen LogP) is 5.89. The van der Waals surface area contributed by atoms with Crippen LogP contribution in [0, 0.1) is 17.5 Å². The molecule has 1 aromatic heterocycles. The number of anilines is 1. The van der Waals surface area contributed by atoms with Crippen LogP contribution in [-0.4, -0.2) is 79.8 Å². The number of aromatic nitrogens is 1. The van der Waals surface area contributed by atoms with Crippen molar-refractivity contribution in [3.05, 3.63) is 95.1 Å². The van der Waals surface area contributed by atoms with Crippen LogP contribution in [-0.2, 0) is 25.4 Å². The first kappa shape index (κ1) is 39.3. The summed E-state index contributed by atoms with van der Waals surface area (Å²) < 4.78 is 96.4. The standard InChI is InChI=1S/C36H39F6N5O6/c37-23-9-5-21(6-10-23)31(22-7-11-24(38)12-8-22)32(47-35(50)53-26-3-1-2-4-26)33(48)46-30-17-43-16-29(39)28(30)14-13-27-15-44-25(18-51-27)19-52-34(49)45-20-36(40,41)42/h5-12,16-17,25-27,31-32,44H,1-4,13-15,18-20H2,(H,45,49)(H,46,48)(H,47,50)/t25-,27+,32-/m0/s1. The Hall–Kier alpha value is -4.90. The van der Waals surface area contributed by atoms with Gasteiger partial charge >= 0.3 is 18.4 Å². The van der Waals surface area contributed by atoms with Crippen LogP contribution in [0.2, 0.25) is 0 Å². The molecule has 2 aliphatic rings. The highest BCUT2D eigenvalue weighted by molar-refractivity contribution is 5.98. The number of alkyl carbamates (subject to hydrolysis) is 2. The minimum atomic E-state index is -4.58. The summed E-state index contributed by atoms with van der Waals surface area (Å²) in [5, 5.41) is 10.0. The smallest absolute Gasteiger partial charge is 0.408 e. The molecule has 3 aromatic rings. The topological polar surface area (TPSA) is 140 Å². The van der Waals surface area contributed by atoms with E-state index < -0.39 is 72.4 Å². The van der Waals surface area contributed by atoms with E-state index in [2.05, 4.69) is 20.9 Å². The Morgan fingerprint density at radius 2 is 1.57 bits per heavy atom. The number of rotatable bonds is 13. The third-order valence-electron chi connectivity index (χ3n) is 8.92. The van der Waals surface area contributed by atoms with E-state index in [1.165, 1.54) is 54.7 Å². The molecule has 53 heavy (non-hydrogen) atoms. The fourth-order valence-corrected chi connectivity index (χ4v) is 6.24. The molecular formula is C36H39F6N5O6. The van der Waals surface area contributed by atoms with E-state index in [4.69, 9.17) is 14.2 Å². The minimum Gasteiger partial charge on any atom is -0.448 e. The van der Waals surface area contributed by atoms with Gasteiger partial charge in [-0.25, -0.2) is 22.8 Å². The van der Waals surface area contributed by atoms with E-state index in [1.807, 2.05) is 0 Å². The second-order valence-corrected chi connectivity index (χ2v) is 12.8. The summed E-state index contributed by atoms with van der Waals surface area (Å²) in [6.07, 6.45) is -1.77. The van der Waals surface area contributed by atoms with Crippen LogP contribution in [0.5, 0.6) is 0 Å². The first-order valence-electron chi connectivity index (χ1n) is 17.1. The number of benzene rings is 2. The summed E-state index contributed by atoms with van der Waals surface area (Å²) in [5.41, 5.74) is 0.952. The first-order valence-corrected chi connectivity index (χ1v) is 17.1. The molecule has 4 N–H and O–H groups in total. The number of morpholine rings is 1. The van der Waals surface area contributed by atoms with E-state index in [-0.39, 0.29) is 50.0 Å². The molecule has 17 heteroatoms. The molecule has 0 spiro atoms. The quantitative estimate of drug-likeness (QED) is 0.159. The fraction of sp³-hybridized carbons (Fsp3) is 0.444. The predicted molar refractivity (Wildman–Crippen MR) is 178 cm³/mol. The Morgan fingerprint density at radius 3 is 2.15 bits per heavy atom. The summed E-state index contributed by atoms with van der Waals surface area (Å²) in [5.74, 6) is -3.54. The van der Waals surface area contributed by atoms with Crippen molar-refractivity contribution in [2.24, 2.45) is 0 Å². The van der Waals surface area contributed by atoms with Crippen LogP contribution in [0.25, 0.3) is 0 Å². The van der Waals surface area contributed by atoms with Gasteiger partial charge in [0, 0.05) is 18.0 Å². The zero-order valence-corrected chi connectivity index (χ0v) is 28.4. The summed E-state index contributed by atoms with van der Waals surface area (Å²) in [7, 11) is 0. The number of amides is 3. The number of carbonyl (C=O) groups is 3. The van der Waals surface area contributed by atoms with Gasteiger partial charge in [0.05, 0.1) is 36.8 Å². The van der Waals surface area contributed by atoms with Gasteiger partial charge in [-0.3, -0.25) is 9.78 Å².